The number of hydrogen-bond acceptors (Lipinski definition) is 5. The van der Waals surface area contributed by atoms with Gasteiger partial charge < -0.3 is 5.32 Å². The van der Waals surface area contributed by atoms with Crippen LogP contribution in [0.1, 0.15) is 25.8 Å². The summed E-state index contributed by atoms with van der Waals surface area (Å²) in [7, 11) is 0. The van der Waals surface area contributed by atoms with E-state index in [1.807, 2.05) is 9.36 Å². The van der Waals surface area contributed by atoms with Gasteiger partial charge in [-0.05, 0) is 26.3 Å². The summed E-state index contributed by atoms with van der Waals surface area (Å²) in [5.74, 6) is 0.841. The second-order valence-electron chi connectivity index (χ2n) is 4.46. The van der Waals surface area contributed by atoms with Crippen molar-refractivity contribution in [3.05, 3.63) is 12.5 Å². The lowest BCUT2D eigenvalue weighted by atomic mass is 10.1. The molecule has 1 aliphatic rings. The fraction of sp³-hybridized carbons (Fsp3) is 0.636. The first kappa shape index (κ1) is 11.3. The summed E-state index contributed by atoms with van der Waals surface area (Å²) < 4.78 is 3.84. The lowest BCUT2D eigenvalue weighted by Gasteiger charge is -2.23. The summed E-state index contributed by atoms with van der Waals surface area (Å²) in [6.45, 7) is 4.88. The molecule has 18 heavy (non-hydrogen) atoms. The molecule has 0 spiro atoms. The van der Waals surface area contributed by atoms with Crippen LogP contribution in [0.4, 0.5) is 0 Å². The highest BCUT2D eigenvalue weighted by molar-refractivity contribution is 5.47. The Hall–Kier alpha value is -1.76. The molecule has 96 valence electrons. The fourth-order valence-electron chi connectivity index (χ4n) is 2.41. The molecule has 1 unspecified atom stereocenters. The van der Waals surface area contributed by atoms with Crippen LogP contribution in [0.5, 0.6) is 0 Å². The molecular formula is C11H17N7. The number of nitrogens with one attached hydrogen (secondary N) is 1. The van der Waals surface area contributed by atoms with Gasteiger partial charge in [-0.3, -0.25) is 0 Å². The zero-order valence-electron chi connectivity index (χ0n) is 10.5. The fourth-order valence-corrected chi connectivity index (χ4v) is 2.41. The van der Waals surface area contributed by atoms with Crippen molar-refractivity contribution in [2.45, 2.75) is 32.4 Å². The Morgan fingerprint density at radius 3 is 3.22 bits per heavy atom. The van der Waals surface area contributed by atoms with Gasteiger partial charge in [-0.25, -0.2) is 14.3 Å². The maximum absolute atomic E-state index is 4.32. The van der Waals surface area contributed by atoms with E-state index >= 15 is 0 Å². The van der Waals surface area contributed by atoms with Crippen LogP contribution in [0.15, 0.2) is 12.5 Å². The Bertz CT molecular complexity index is 509. The van der Waals surface area contributed by atoms with Gasteiger partial charge in [0.25, 0.3) is 0 Å². The van der Waals surface area contributed by atoms with Crippen molar-refractivity contribution < 1.29 is 0 Å². The van der Waals surface area contributed by atoms with Crippen LogP contribution in [-0.2, 0) is 6.54 Å². The van der Waals surface area contributed by atoms with E-state index in [9.17, 15) is 0 Å². The predicted molar refractivity (Wildman–Crippen MR) is 65.9 cm³/mol. The largest absolute Gasteiger partial charge is 0.315 e. The van der Waals surface area contributed by atoms with Crippen LogP contribution < -0.4 is 5.32 Å². The average molecular weight is 247 g/mol. The van der Waals surface area contributed by atoms with Crippen LogP contribution in [-0.4, -0.2) is 42.8 Å². The smallest absolute Gasteiger partial charge is 0.178 e. The zero-order valence-corrected chi connectivity index (χ0v) is 10.5. The minimum atomic E-state index is 0.359. The van der Waals surface area contributed by atoms with E-state index in [1.54, 1.807) is 12.5 Å². The van der Waals surface area contributed by atoms with Crippen LogP contribution in [0.2, 0.25) is 0 Å². The van der Waals surface area contributed by atoms with E-state index < -0.39 is 0 Å². The molecule has 0 amide bonds. The van der Waals surface area contributed by atoms with Gasteiger partial charge in [0.15, 0.2) is 5.82 Å². The number of piperidine rings is 1. The Morgan fingerprint density at radius 1 is 1.50 bits per heavy atom. The molecule has 3 heterocycles. The quantitative estimate of drug-likeness (QED) is 0.854. The summed E-state index contributed by atoms with van der Waals surface area (Å²) in [5, 5.41) is 15.8. The molecule has 1 atom stereocenters. The third-order valence-corrected chi connectivity index (χ3v) is 3.34. The van der Waals surface area contributed by atoms with E-state index in [2.05, 4.69) is 32.6 Å². The first-order valence-electron chi connectivity index (χ1n) is 6.39. The third kappa shape index (κ3) is 1.90. The first-order valence-corrected chi connectivity index (χ1v) is 6.39. The first-order chi connectivity index (χ1) is 8.90. The lowest BCUT2D eigenvalue weighted by Crippen LogP contribution is -2.32. The van der Waals surface area contributed by atoms with E-state index in [0.29, 0.717) is 6.04 Å². The topological polar surface area (TPSA) is 73.5 Å². The molecule has 2 aromatic rings. The van der Waals surface area contributed by atoms with Crippen molar-refractivity contribution in [2.75, 3.05) is 13.1 Å². The summed E-state index contributed by atoms with van der Waals surface area (Å²) in [6, 6.07) is 0.359. The Kier molecular flexibility index (Phi) is 3.06. The van der Waals surface area contributed by atoms with Gasteiger partial charge in [-0.2, -0.15) is 5.10 Å². The molecule has 7 heteroatoms. The van der Waals surface area contributed by atoms with Crippen LogP contribution >= 0.6 is 0 Å². The highest BCUT2D eigenvalue weighted by Gasteiger charge is 2.21. The standard InChI is InChI=1S/C11H17N7/c1-2-17-11(13-8-15-17)10-7-14-16-18(10)9-4-3-5-12-6-9/h7-9,12H,2-6H2,1H3. The van der Waals surface area contributed by atoms with E-state index in [0.717, 1.165) is 37.6 Å². The SMILES string of the molecule is CCn1ncnc1-c1cnnn1C1CCCNC1. The van der Waals surface area contributed by atoms with Crippen molar-refractivity contribution in [1.82, 2.24) is 35.1 Å². The number of aryl methyl sites for hydroxylation is 1. The molecule has 0 bridgehead atoms. The number of hydrogen-bond donors (Lipinski definition) is 1. The minimum absolute atomic E-state index is 0.359. The molecule has 1 fully saturated rings. The molecule has 0 aromatic carbocycles. The summed E-state index contributed by atoms with van der Waals surface area (Å²) in [6.07, 6.45) is 5.65. The third-order valence-electron chi connectivity index (χ3n) is 3.34. The van der Waals surface area contributed by atoms with Gasteiger partial charge >= 0.3 is 0 Å². The average Bonchev–Trinajstić information content (AvgIpc) is 3.07. The van der Waals surface area contributed by atoms with Crippen LogP contribution in [0.25, 0.3) is 11.5 Å². The van der Waals surface area contributed by atoms with Crippen molar-refractivity contribution in [2.24, 2.45) is 0 Å². The summed E-state index contributed by atoms with van der Waals surface area (Å²) in [4.78, 5) is 4.32. The van der Waals surface area contributed by atoms with E-state index in [1.165, 1.54) is 6.42 Å². The normalized spacial score (nSPS) is 20.2. The lowest BCUT2D eigenvalue weighted by molar-refractivity contribution is 0.343. The molecule has 0 radical (unpaired) electrons. The van der Waals surface area contributed by atoms with Gasteiger partial charge in [-0.15, -0.1) is 5.10 Å². The Balaban J connectivity index is 1.95. The number of rotatable bonds is 3. The van der Waals surface area contributed by atoms with Gasteiger partial charge in [-0.1, -0.05) is 5.21 Å². The summed E-state index contributed by atoms with van der Waals surface area (Å²) >= 11 is 0. The van der Waals surface area contributed by atoms with Crippen LogP contribution in [0, 0.1) is 0 Å². The number of aromatic nitrogens is 6. The number of nitrogens with zero attached hydrogens (tertiary/aromatic N) is 6. The van der Waals surface area contributed by atoms with Crippen LogP contribution in [0.3, 0.4) is 0 Å². The molecule has 7 nitrogen and oxygen atoms in total. The molecule has 0 aliphatic carbocycles. The molecule has 3 rings (SSSR count). The van der Waals surface area contributed by atoms with Crippen molar-refractivity contribution >= 4 is 0 Å². The molecule has 2 aromatic heterocycles. The van der Waals surface area contributed by atoms with E-state index in [-0.39, 0.29) is 0 Å². The zero-order chi connectivity index (χ0) is 12.4. The molecular weight excluding hydrogens is 230 g/mol. The van der Waals surface area contributed by atoms with Crippen molar-refractivity contribution in [1.29, 1.82) is 0 Å². The van der Waals surface area contributed by atoms with Crippen molar-refractivity contribution in [3.63, 3.8) is 0 Å². The molecule has 1 aliphatic heterocycles. The Morgan fingerprint density at radius 2 is 2.44 bits per heavy atom. The monoisotopic (exact) mass is 247 g/mol. The molecule has 1 saturated heterocycles. The van der Waals surface area contributed by atoms with Gasteiger partial charge in [0.1, 0.15) is 12.0 Å². The second kappa shape index (κ2) is 4.85. The van der Waals surface area contributed by atoms with E-state index in [4.69, 9.17) is 0 Å². The van der Waals surface area contributed by atoms with Gasteiger partial charge in [0.05, 0.1) is 12.2 Å². The highest BCUT2D eigenvalue weighted by Crippen LogP contribution is 2.22. The highest BCUT2D eigenvalue weighted by atomic mass is 15.5. The molecule has 1 N–H and O–H groups in total. The van der Waals surface area contributed by atoms with Gasteiger partial charge in [0, 0.05) is 13.1 Å². The molecule has 0 saturated carbocycles. The van der Waals surface area contributed by atoms with Gasteiger partial charge in [0.2, 0.25) is 0 Å². The maximum Gasteiger partial charge on any atom is 0.178 e. The second-order valence-corrected chi connectivity index (χ2v) is 4.46. The summed E-state index contributed by atoms with van der Waals surface area (Å²) in [5.41, 5.74) is 0.947. The minimum Gasteiger partial charge on any atom is -0.315 e. The predicted octanol–water partition coefficient (Wildman–Crippen LogP) is 0.481. The maximum atomic E-state index is 4.32. The Labute approximate surface area is 105 Å². The van der Waals surface area contributed by atoms with Crippen molar-refractivity contribution in [3.8, 4) is 11.5 Å².